The van der Waals surface area contributed by atoms with E-state index in [1.165, 1.54) is 22.0 Å². The Morgan fingerprint density at radius 1 is 0.886 bits per heavy atom. The van der Waals surface area contributed by atoms with Gasteiger partial charge in [-0.2, -0.15) is 0 Å². The van der Waals surface area contributed by atoms with Gasteiger partial charge in [0.05, 0.1) is 5.75 Å². The number of nitrogens with one attached hydrogen (secondary N) is 2. The summed E-state index contributed by atoms with van der Waals surface area (Å²) >= 11 is 1.23. The third-order valence-corrected chi connectivity index (χ3v) is 6.15. The molecule has 0 unspecified atom stereocenters. The number of rotatable bonds is 9. The van der Waals surface area contributed by atoms with E-state index in [1.54, 1.807) is 24.5 Å². The van der Waals surface area contributed by atoms with Crippen LogP contribution in [-0.2, 0) is 22.6 Å². The third kappa shape index (κ3) is 6.77. The second kappa shape index (κ2) is 11.4. The topological polar surface area (TPSA) is 102 Å². The Balaban J connectivity index is 1.46. The predicted molar refractivity (Wildman–Crippen MR) is 138 cm³/mol. The predicted octanol–water partition coefficient (Wildman–Crippen LogP) is 4.58. The summed E-state index contributed by atoms with van der Waals surface area (Å²) < 4.78 is 1.52. The van der Waals surface area contributed by atoms with Gasteiger partial charge in [-0.25, -0.2) is 9.67 Å². The minimum Gasteiger partial charge on any atom is -0.325 e. The van der Waals surface area contributed by atoms with Gasteiger partial charge in [-0.05, 0) is 55.3 Å². The lowest BCUT2D eigenvalue weighted by Gasteiger charge is -2.08. The first kappa shape index (κ1) is 24.2. The Hall–Kier alpha value is -3.98. The summed E-state index contributed by atoms with van der Waals surface area (Å²) in [7, 11) is 0. The van der Waals surface area contributed by atoms with Crippen molar-refractivity contribution >= 4 is 35.0 Å². The molecule has 0 saturated heterocycles. The summed E-state index contributed by atoms with van der Waals surface area (Å²) in [5.41, 5.74) is 4.54. The van der Waals surface area contributed by atoms with E-state index in [9.17, 15) is 9.59 Å². The molecule has 0 bridgehead atoms. The number of aromatic nitrogens is 4. The summed E-state index contributed by atoms with van der Waals surface area (Å²) in [6.45, 7) is 4.04. The van der Waals surface area contributed by atoms with Gasteiger partial charge in [0.15, 0.2) is 11.0 Å². The Morgan fingerprint density at radius 2 is 1.51 bits per heavy atom. The van der Waals surface area contributed by atoms with Gasteiger partial charge in [-0.1, -0.05) is 48.5 Å². The molecular formula is C26H26N6O2S. The van der Waals surface area contributed by atoms with E-state index in [1.807, 2.05) is 55.5 Å². The second-order valence-electron chi connectivity index (χ2n) is 7.91. The molecule has 8 nitrogen and oxygen atoms in total. The molecule has 0 aliphatic carbocycles. The van der Waals surface area contributed by atoms with Gasteiger partial charge in [0, 0.05) is 29.3 Å². The second-order valence-corrected chi connectivity index (χ2v) is 8.86. The van der Waals surface area contributed by atoms with Gasteiger partial charge in [-0.3, -0.25) is 14.6 Å². The molecular weight excluding hydrogens is 460 g/mol. The molecule has 35 heavy (non-hydrogen) atoms. The highest BCUT2D eigenvalue weighted by molar-refractivity contribution is 7.99. The molecule has 2 amide bonds. The van der Waals surface area contributed by atoms with Crippen molar-refractivity contribution in [1.29, 1.82) is 0 Å². The molecule has 178 valence electrons. The Kier molecular flexibility index (Phi) is 7.89. The van der Waals surface area contributed by atoms with Crippen molar-refractivity contribution in [2.45, 2.75) is 32.0 Å². The van der Waals surface area contributed by atoms with E-state index in [0.717, 1.165) is 23.2 Å². The molecule has 4 aromatic rings. The third-order valence-electron chi connectivity index (χ3n) is 5.18. The number of carbonyl (C=O) groups is 2. The molecule has 2 aromatic heterocycles. The van der Waals surface area contributed by atoms with Crippen LogP contribution in [0.4, 0.5) is 11.4 Å². The SMILES string of the molecule is CCc1ccc(NC(=O)Cn2nc(-c3ccncc3)nc2SCC(=O)Nc2ccc(C)cc2)cc1. The first-order valence-corrected chi connectivity index (χ1v) is 12.2. The zero-order valence-corrected chi connectivity index (χ0v) is 20.4. The molecule has 0 spiro atoms. The lowest BCUT2D eigenvalue weighted by molar-refractivity contribution is -0.117. The van der Waals surface area contributed by atoms with Crippen molar-refractivity contribution in [2.24, 2.45) is 0 Å². The van der Waals surface area contributed by atoms with Crippen LogP contribution in [0.15, 0.2) is 78.2 Å². The number of benzene rings is 2. The summed E-state index contributed by atoms with van der Waals surface area (Å²) in [6.07, 6.45) is 4.25. The number of thioether (sulfide) groups is 1. The maximum atomic E-state index is 12.7. The molecule has 2 heterocycles. The van der Waals surface area contributed by atoms with E-state index in [4.69, 9.17) is 0 Å². The average Bonchev–Trinajstić information content (AvgIpc) is 3.27. The Labute approximate surface area is 208 Å². The van der Waals surface area contributed by atoms with E-state index < -0.39 is 0 Å². The van der Waals surface area contributed by atoms with Gasteiger partial charge in [0.1, 0.15) is 6.54 Å². The van der Waals surface area contributed by atoms with Crippen LogP contribution in [0.3, 0.4) is 0 Å². The number of hydrogen-bond donors (Lipinski definition) is 2. The largest absolute Gasteiger partial charge is 0.325 e. The first-order chi connectivity index (χ1) is 17.0. The molecule has 0 fully saturated rings. The highest BCUT2D eigenvalue weighted by atomic mass is 32.2. The molecule has 0 aliphatic heterocycles. The molecule has 9 heteroatoms. The number of aryl methyl sites for hydroxylation is 2. The van der Waals surface area contributed by atoms with Crippen molar-refractivity contribution < 1.29 is 9.59 Å². The molecule has 0 aliphatic rings. The standard InChI is InChI=1S/C26H26N6O2S/c1-3-19-6-10-22(11-7-19)28-23(33)16-32-26(30-25(31-32)20-12-14-27-15-13-20)35-17-24(34)29-21-8-4-18(2)5-9-21/h4-15H,3,16-17H2,1-2H3,(H,28,33)(H,29,34). The molecule has 0 radical (unpaired) electrons. The minimum atomic E-state index is -0.230. The van der Waals surface area contributed by atoms with Crippen molar-refractivity contribution in [3.05, 3.63) is 84.2 Å². The fourth-order valence-corrected chi connectivity index (χ4v) is 4.02. The Bertz CT molecular complexity index is 1290. The van der Waals surface area contributed by atoms with Crippen LogP contribution in [0.25, 0.3) is 11.4 Å². The zero-order valence-electron chi connectivity index (χ0n) is 19.6. The van der Waals surface area contributed by atoms with Crippen LogP contribution in [0.1, 0.15) is 18.1 Å². The van der Waals surface area contributed by atoms with Crippen LogP contribution in [-0.4, -0.2) is 37.3 Å². The summed E-state index contributed by atoms with van der Waals surface area (Å²) in [5, 5.41) is 10.8. The summed E-state index contributed by atoms with van der Waals surface area (Å²) in [6, 6.07) is 18.9. The van der Waals surface area contributed by atoms with Crippen molar-refractivity contribution in [1.82, 2.24) is 19.7 Å². The highest BCUT2D eigenvalue weighted by Crippen LogP contribution is 2.22. The molecule has 4 rings (SSSR count). The van der Waals surface area contributed by atoms with E-state index in [0.29, 0.717) is 16.7 Å². The first-order valence-electron chi connectivity index (χ1n) is 11.2. The van der Waals surface area contributed by atoms with Crippen LogP contribution < -0.4 is 10.6 Å². The lowest BCUT2D eigenvalue weighted by Crippen LogP contribution is -2.20. The number of anilines is 2. The van der Waals surface area contributed by atoms with Crippen molar-refractivity contribution in [3.8, 4) is 11.4 Å². The van der Waals surface area contributed by atoms with E-state index in [2.05, 4.69) is 32.6 Å². The van der Waals surface area contributed by atoms with Crippen LogP contribution in [0, 0.1) is 6.92 Å². The van der Waals surface area contributed by atoms with E-state index >= 15 is 0 Å². The number of amides is 2. The molecule has 2 aromatic carbocycles. The highest BCUT2D eigenvalue weighted by Gasteiger charge is 2.17. The fraction of sp³-hybridized carbons (Fsp3) is 0.192. The number of carbonyl (C=O) groups excluding carboxylic acids is 2. The van der Waals surface area contributed by atoms with E-state index in [-0.39, 0.29) is 24.1 Å². The maximum Gasteiger partial charge on any atom is 0.246 e. The quantitative estimate of drug-likeness (QED) is 0.336. The fourth-order valence-electron chi connectivity index (χ4n) is 3.29. The summed E-state index contributed by atoms with van der Waals surface area (Å²) in [5.74, 6) is 0.197. The van der Waals surface area contributed by atoms with Crippen LogP contribution >= 0.6 is 11.8 Å². The van der Waals surface area contributed by atoms with Crippen molar-refractivity contribution in [2.75, 3.05) is 16.4 Å². The van der Waals surface area contributed by atoms with Gasteiger partial charge < -0.3 is 10.6 Å². The molecule has 0 saturated carbocycles. The van der Waals surface area contributed by atoms with Gasteiger partial charge in [0.25, 0.3) is 0 Å². The number of hydrogen-bond acceptors (Lipinski definition) is 6. The monoisotopic (exact) mass is 486 g/mol. The zero-order chi connectivity index (χ0) is 24.6. The van der Waals surface area contributed by atoms with Crippen LogP contribution in [0.5, 0.6) is 0 Å². The van der Waals surface area contributed by atoms with Crippen molar-refractivity contribution in [3.63, 3.8) is 0 Å². The minimum absolute atomic E-state index is 0.0322. The molecule has 2 N–H and O–H groups in total. The Morgan fingerprint density at radius 3 is 2.17 bits per heavy atom. The number of nitrogens with zero attached hydrogens (tertiary/aromatic N) is 4. The normalized spacial score (nSPS) is 10.7. The van der Waals surface area contributed by atoms with Gasteiger partial charge >= 0.3 is 0 Å². The van der Waals surface area contributed by atoms with Crippen LogP contribution in [0.2, 0.25) is 0 Å². The summed E-state index contributed by atoms with van der Waals surface area (Å²) in [4.78, 5) is 33.8. The smallest absolute Gasteiger partial charge is 0.246 e. The maximum absolute atomic E-state index is 12.7. The van der Waals surface area contributed by atoms with Gasteiger partial charge in [0.2, 0.25) is 11.8 Å². The lowest BCUT2D eigenvalue weighted by atomic mass is 10.1. The number of pyridine rings is 1. The average molecular weight is 487 g/mol. The van der Waals surface area contributed by atoms with Gasteiger partial charge in [-0.15, -0.1) is 5.10 Å². The molecule has 0 atom stereocenters.